The second-order valence-electron chi connectivity index (χ2n) is 7.79. The van der Waals surface area contributed by atoms with Crippen LogP contribution in [0.1, 0.15) is 52.0 Å². The fourth-order valence-electron chi connectivity index (χ4n) is 2.59. The third-order valence-electron chi connectivity index (χ3n) is 3.89. The zero-order valence-corrected chi connectivity index (χ0v) is 17.9. The second kappa shape index (κ2) is 11.0. The number of rotatable bonds is 10. The van der Waals surface area contributed by atoms with Crippen LogP contribution < -0.4 is 15.8 Å². The average Bonchev–Trinajstić information content (AvgIpc) is 2.69. The Hall–Kier alpha value is -3.56. The molecule has 1 heterocycles. The fraction of sp³-hybridized carbons (Fsp3) is 0.429. The molecule has 0 saturated carbocycles. The number of nitrogen functional groups attached to an aromatic ring is 1. The first-order valence-electron chi connectivity index (χ1n) is 9.87. The summed E-state index contributed by atoms with van der Waals surface area (Å²) in [6, 6.07) is 9.25. The monoisotopic (exact) mass is 429 g/mol. The molecule has 3 N–H and O–H groups in total. The lowest BCUT2D eigenvalue weighted by Crippen LogP contribution is -2.23. The Morgan fingerprint density at radius 1 is 1.10 bits per heavy atom. The SMILES string of the molecule is CC(C)(C)OC(=O)CCCCC(=O)Nc1nc(N)nc(OCc2ccccc2)c1N=O. The van der Waals surface area contributed by atoms with Crippen molar-refractivity contribution in [3.8, 4) is 5.88 Å². The van der Waals surface area contributed by atoms with Crippen LogP contribution >= 0.6 is 0 Å². The molecule has 0 aliphatic carbocycles. The highest BCUT2D eigenvalue weighted by molar-refractivity contribution is 5.93. The van der Waals surface area contributed by atoms with E-state index in [4.69, 9.17) is 15.2 Å². The Morgan fingerprint density at radius 2 is 1.77 bits per heavy atom. The third kappa shape index (κ3) is 8.37. The highest BCUT2D eigenvalue weighted by Gasteiger charge is 2.19. The van der Waals surface area contributed by atoms with E-state index in [1.807, 2.05) is 30.3 Å². The highest BCUT2D eigenvalue weighted by atomic mass is 16.6. The van der Waals surface area contributed by atoms with E-state index in [1.54, 1.807) is 20.8 Å². The van der Waals surface area contributed by atoms with Crippen LogP contribution in [0.2, 0.25) is 0 Å². The average molecular weight is 429 g/mol. The molecule has 1 aromatic heterocycles. The van der Waals surface area contributed by atoms with E-state index in [9.17, 15) is 14.5 Å². The summed E-state index contributed by atoms with van der Waals surface area (Å²) < 4.78 is 10.8. The summed E-state index contributed by atoms with van der Waals surface area (Å²) in [4.78, 5) is 43.1. The number of nitrogens with one attached hydrogen (secondary N) is 1. The van der Waals surface area contributed by atoms with E-state index in [0.717, 1.165) is 5.56 Å². The first-order valence-corrected chi connectivity index (χ1v) is 9.87. The van der Waals surface area contributed by atoms with Gasteiger partial charge in [-0.25, -0.2) is 0 Å². The normalized spacial score (nSPS) is 10.9. The van der Waals surface area contributed by atoms with Gasteiger partial charge in [0.2, 0.25) is 17.5 Å². The Labute approximate surface area is 180 Å². The second-order valence-corrected chi connectivity index (χ2v) is 7.79. The summed E-state index contributed by atoms with van der Waals surface area (Å²) >= 11 is 0. The number of benzene rings is 1. The van der Waals surface area contributed by atoms with Crippen molar-refractivity contribution in [3.63, 3.8) is 0 Å². The Morgan fingerprint density at radius 3 is 2.42 bits per heavy atom. The Kier molecular flexibility index (Phi) is 8.42. The van der Waals surface area contributed by atoms with Crippen molar-refractivity contribution in [3.05, 3.63) is 40.8 Å². The number of hydrogen-bond acceptors (Lipinski definition) is 9. The van der Waals surface area contributed by atoms with Crippen LogP contribution in [0, 0.1) is 4.91 Å². The third-order valence-corrected chi connectivity index (χ3v) is 3.89. The number of nitrogens with two attached hydrogens (primary N) is 1. The van der Waals surface area contributed by atoms with E-state index < -0.39 is 11.5 Å². The predicted octanol–water partition coefficient (Wildman–Crippen LogP) is 3.88. The van der Waals surface area contributed by atoms with Crippen molar-refractivity contribution in [1.29, 1.82) is 0 Å². The zero-order chi connectivity index (χ0) is 22.9. The largest absolute Gasteiger partial charge is 0.471 e. The minimum absolute atomic E-state index is 0.116. The van der Waals surface area contributed by atoms with Gasteiger partial charge in [0.05, 0.1) is 0 Å². The molecular weight excluding hydrogens is 402 g/mol. The van der Waals surface area contributed by atoms with Crippen molar-refractivity contribution in [1.82, 2.24) is 9.97 Å². The van der Waals surface area contributed by atoms with Crippen molar-refractivity contribution in [2.45, 2.75) is 58.7 Å². The number of nitroso groups, excluding NO2 is 1. The van der Waals surface area contributed by atoms with E-state index in [2.05, 4.69) is 20.5 Å². The van der Waals surface area contributed by atoms with Crippen LogP contribution in [0.25, 0.3) is 0 Å². The van der Waals surface area contributed by atoms with Gasteiger partial charge in [-0.2, -0.15) is 9.97 Å². The van der Waals surface area contributed by atoms with Gasteiger partial charge in [0, 0.05) is 12.8 Å². The van der Waals surface area contributed by atoms with Gasteiger partial charge in [-0.3, -0.25) is 9.59 Å². The van der Waals surface area contributed by atoms with Gasteiger partial charge in [-0.15, -0.1) is 4.91 Å². The molecule has 0 spiro atoms. The quantitative estimate of drug-likeness (QED) is 0.329. The molecular formula is C21H27N5O5. The molecule has 0 aliphatic heterocycles. The molecule has 31 heavy (non-hydrogen) atoms. The minimum Gasteiger partial charge on any atom is -0.471 e. The maximum absolute atomic E-state index is 12.2. The summed E-state index contributed by atoms with van der Waals surface area (Å²) in [7, 11) is 0. The van der Waals surface area contributed by atoms with Gasteiger partial charge in [0.25, 0.3) is 5.88 Å². The molecule has 2 rings (SSSR count). The lowest BCUT2D eigenvalue weighted by Gasteiger charge is -2.19. The number of esters is 1. The van der Waals surface area contributed by atoms with Crippen molar-refractivity contribution < 1.29 is 19.1 Å². The van der Waals surface area contributed by atoms with Crippen molar-refractivity contribution in [2.24, 2.45) is 5.18 Å². The number of hydrogen-bond donors (Lipinski definition) is 2. The maximum atomic E-state index is 12.2. The smallest absolute Gasteiger partial charge is 0.306 e. The van der Waals surface area contributed by atoms with Crippen LogP contribution in [0.15, 0.2) is 35.5 Å². The first-order chi connectivity index (χ1) is 14.7. The van der Waals surface area contributed by atoms with Crippen LogP contribution in [-0.4, -0.2) is 27.4 Å². The molecule has 2 aromatic rings. The van der Waals surface area contributed by atoms with E-state index in [1.165, 1.54) is 0 Å². The number of ether oxygens (including phenoxy) is 2. The van der Waals surface area contributed by atoms with Crippen LogP contribution in [0.4, 0.5) is 17.5 Å². The predicted molar refractivity (Wildman–Crippen MR) is 116 cm³/mol. The van der Waals surface area contributed by atoms with Crippen molar-refractivity contribution >= 4 is 29.3 Å². The van der Waals surface area contributed by atoms with Gasteiger partial charge in [-0.05, 0) is 44.4 Å². The molecule has 0 saturated heterocycles. The molecule has 0 bridgehead atoms. The van der Waals surface area contributed by atoms with Gasteiger partial charge in [0.1, 0.15) is 12.2 Å². The lowest BCUT2D eigenvalue weighted by molar-refractivity contribution is -0.155. The molecule has 10 nitrogen and oxygen atoms in total. The van der Waals surface area contributed by atoms with E-state index >= 15 is 0 Å². The molecule has 0 unspecified atom stereocenters. The zero-order valence-electron chi connectivity index (χ0n) is 17.9. The van der Waals surface area contributed by atoms with Crippen molar-refractivity contribution in [2.75, 3.05) is 11.1 Å². The molecule has 1 amide bonds. The van der Waals surface area contributed by atoms with Gasteiger partial charge in [-0.1, -0.05) is 30.3 Å². The van der Waals surface area contributed by atoms with Crippen LogP contribution in [0.3, 0.4) is 0 Å². The molecule has 0 fully saturated rings. The standard InChI is InChI=1S/C21H27N5O5/c1-21(2,3)31-16(28)12-8-7-11-15(27)23-18-17(26-29)19(25-20(22)24-18)30-13-14-9-5-4-6-10-14/h4-6,9-10H,7-8,11-13H2,1-3H3,(H3,22,23,24,25,27). The topological polar surface area (TPSA) is 146 Å². The molecule has 0 aliphatic rings. The number of nitrogens with zero attached hydrogens (tertiary/aromatic N) is 3. The number of carbonyl (C=O) groups excluding carboxylic acids is 2. The Balaban J connectivity index is 1.92. The van der Waals surface area contributed by atoms with Gasteiger partial charge >= 0.3 is 5.97 Å². The van der Waals surface area contributed by atoms with Gasteiger partial charge in [0.15, 0.2) is 5.82 Å². The van der Waals surface area contributed by atoms with Crippen LogP contribution in [0.5, 0.6) is 5.88 Å². The highest BCUT2D eigenvalue weighted by Crippen LogP contribution is 2.33. The summed E-state index contributed by atoms with van der Waals surface area (Å²) in [6.45, 7) is 5.52. The first kappa shape index (κ1) is 23.7. The minimum atomic E-state index is -0.542. The molecule has 1 aromatic carbocycles. The number of unbranched alkanes of at least 4 members (excludes halogenated alkanes) is 1. The molecule has 10 heteroatoms. The Bertz CT molecular complexity index is 912. The number of aromatic nitrogens is 2. The summed E-state index contributed by atoms with van der Waals surface area (Å²) in [6.07, 6.45) is 1.26. The number of amides is 1. The maximum Gasteiger partial charge on any atom is 0.306 e. The fourth-order valence-corrected chi connectivity index (χ4v) is 2.59. The number of carbonyl (C=O) groups is 2. The summed E-state index contributed by atoms with van der Waals surface area (Å²) in [5, 5.41) is 5.41. The van der Waals surface area contributed by atoms with E-state index in [0.29, 0.717) is 12.8 Å². The summed E-state index contributed by atoms with van der Waals surface area (Å²) in [5.74, 6) is -1.13. The van der Waals surface area contributed by atoms with Crippen LogP contribution in [-0.2, 0) is 20.9 Å². The molecule has 166 valence electrons. The molecule has 0 atom stereocenters. The van der Waals surface area contributed by atoms with Gasteiger partial charge < -0.3 is 20.5 Å². The molecule has 0 radical (unpaired) electrons. The summed E-state index contributed by atoms with van der Waals surface area (Å²) in [5.41, 5.74) is 5.75. The number of anilines is 2. The lowest BCUT2D eigenvalue weighted by atomic mass is 10.1. The van der Waals surface area contributed by atoms with E-state index in [-0.39, 0.29) is 48.8 Å².